The highest BCUT2D eigenvalue weighted by Gasteiger charge is 2.27. The van der Waals surface area contributed by atoms with Crippen LogP contribution in [0.5, 0.6) is 0 Å². The zero-order chi connectivity index (χ0) is 24.4. The molecule has 2 unspecified atom stereocenters. The Morgan fingerprint density at radius 3 is 1.56 bits per heavy atom. The Bertz CT molecular complexity index is 518. The maximum absolute atomic E-state index is 11.9. The first-order valence-electron chi connectivity index (χ1n) is 12.4. The summed E-state index contributed by atoms with van der Waals surface area (Å²) >= 11 is 0. The number of hydrogen-bond acceptors (Lipinski definition) is 5. The van der Waals surface area contributed by atoms with Gasteiger partial charge in [-0.2, -0.15) is 0 Å². The van der Waals surface area contributed by atoms with Crippen LogP contribution in [-0.2, 0) is 9.47 Å². The van der Waals surface area contributed by atoms with Crippen LogP contribution in [0, 0.1) is 11.8 Å². The van der Waals surface area contributed by atoms with Crippen molar-refractivity contribution in [2.45, 2.75) is 105 Å². The molecule has 0 aromatic carbocycles. The van der Waals surface area contributed by atoms with Crippen LogP contribution in [-0.4, -0.2) is 71.1 Å². The molecule has 1 N–H and O–H groups in total. The van der Waals surface area contributed by atoms with Crippen molar-refractivity contribution in [1.82, 2.24) is 9.80 Å². The molecule has 0 bridgehead atoms. The van der Waals surface area contributed by atoms with Crippen molar-refractivity contribution < 1.29 is 24.2 Å². The van der Waals surface area contributed by atoms with E-state index in [1.165, 1.54) is 12.8 Å². The lowest BCUT2D eigenvalue weighted by Gasteiger charge is -2.28. The fourth-order valence-electron chi connectivity index (χ4n) is 3.93. The first kappa shape index (κ1) is 28.5. The summed E-state index contributed by atoms with van der Waals surface area (Å²) in [5, 5.41) is 9.17. The molecule has 0 radical (unpaired) electrons. The Hall–Kier alpha value is -1.50. The van der Waals surface area contributed by atoms with Crippen LogP contribution in [0.1, 0.15) is 93.4 Å². The molecule has 2 rings (SSSR count). The predicted octanol–water partition coefficient (Wildman–Crippen LogP) is 5.45. The molecule has 7 nitrogen and oxygen atoms in total. The second kappa shape index (κ2) is 13.3. The van der Waals surface area contributed by atoms with Crippen molar-refractivity contribution in [3.8, 4) is 0 Å². The molecule has 2 aliphatic rings. The van der Waals surface area contributed by atoms with Crippen LogP contribution in [0.2, 0.25) is 0 Å². The Morgan fingerprint density at radius 1 is 0.781 bits per heavy atom. The zero-order valence-corrected chi connectivity index (χ0v) is 21.6. The number of carbonyl (C=O) groups excluding carboxylic acids is 2. The van der Waals surface area contributed by atoms with Crippen LogP contribution in [0.3, 0.4) is 0 Å². The SMILES string of the molecule is CC(C)(C)OC(=O)N1CCCCC(CO)C1.CCC1CCCCN(C(=O)OC(C)(C)C)C1. The maximum Gasteiger partial charge on any atom is 0.410 e. The molecule has 2 amide bonds. The van der Waals surface area contributed by atoms with E-state index >= 15 is 0 Å². The van der Waals surface area contributed by atoms with Gasteiger partial charge in [-0.1, -0.05) is 26.2 Å². The number of aliphatic hydroxyl groups excluding tert-OH is 1. The lowest BCUT2D eigenvalue weighted by Crippen LogP contribution is -2.39. The summed E-state index contributed by atoms with van der Waals surface area (Å²) in [6.45, 7) is 16.8. The van der Waals surface area contributed by atoms with Gasteiger partial charge in [0.15, 0.2) is 0 Å². The number of carbonyl (C=O) groups is 2. The van der Waals surface area contributed by atoms with Gasteiger partial charge in [0, 0.05) is 32.8 Å². The van der Waals surface area contributed by atoms with Crippen molar-refractivity contribution >= 4 is 12.2 Å². The van der Waals surface area contributed by atoms with Crippen LogP contribution >= 0.6 is 0 Å². The molecule has 2 heterocycles. The Labute approximate surface area is 195 Å². The Balaban J connectivity index is 0.000000320. The molecule has 0 spiro atoms. The number of rotatable bonds is 2. The summed E-state index contributed by atoms with van der Waals surface area (Å²) in [5.41, 5.74) is -0.830. The van der Waals surface area contributed by atoms with Gasteiger partial charge in [-0.3, -0.25) is 0 Å². The molecule has 0 aromatic rings. The normalized spacial score (nSPS) is 22.8. The number of likely N-dealkylation sites (tertiary alicyclic amines) is 2. The summed E-state index contributed by atoms with van der Waals surface area (Å²) in [6.07, 6.45) is 7.40. The van der Waals surface area contributed by atoms with Crippen molar-refractivity contribution in [2.24, 2.45) is 11.8 Å². The third-order valence-corrected chi connectivity index (χ3v) is 5.68. The topological polar surface area (TPSA) is 79.3 Å². The van der Waals surface area contributed by atoms with Crippen molar-refractivity contribution in [3.05, 3.63) is 0 Å². The highest BCUT2D eigenvalue weighted by molar-refractivity contribution is 5.68. The monoisotopic (exact) mass is 456 g/mol. The number of nitrogens with zero attached hydrogens (tertiary/aromatic N) is 2. The molecule has 2 saturated heterocycles. The third kappa shape index (κ3) is 11.9. The van der Waals surface area contributed by atoms with Crippen LogP contribution in [0.25, 0.3) is 0 Å². The molecule has 32 heavy (non-hydrogen) atoms. The van der Waals surface area contributed by atoms with E-state index in [1.807, 2.05) is 46.4 Å². The summed E-state index contributed by atoms with van der Waals surface area (Å²) in [5.74, 6) is 0.852. The molecular formula is C25H48N2O5. The molecule has 0 saturated carbocycles. The average molecular weight is 457 g/mol. The smallest absolute Gasteiger partial charge is 0.410 e. The lowest BCUT2D eigenvalue weighted by atomic mass is 10.0. The quantitative estimate of drug-likeness (QED) is 0.598. The van der Waals surface area contributed by atoms with E-state index in [-0.39, 0.29) is 30.3 Å². The molecule has 2 fully saturated rings. The summed E-state index contributed by atoms with van der Waals surface area (Å²) in [7, 11) is 0. The van der Waals surface area contributed by atoms with Gasteiger partial charge in [0.05, 0.1) is 0 Å². The van der Waals surface area contributed by atoms with E-state index in [2.05, 4.69) is 6.92 Å². The maximum atomic E-state index is 11.9. The van der Waals surface area contributed by atoms with Gasteiger partial charge in [0.1, 0.15) is 11.2 Å². The van der Waals surface area contributed by atoms with E-state index in [0.29, 0.717) is 12.5 Å². The van der Waals surface area contributed by atoms with Gasteiger partial charge >= 0.3 is 12.2 Å². The second-order valence-electron chi connectivity index (χ2n) is 11.2. The number of ether oxygens (including phenoxy) is 2. The zero-order valence-electron chi connectivity index (χ0n) is 21.6. The minimum Gasteiger partial charge on any atom is -0.444 e. The summed E-state index contributed by atoms with van der Waals surface area (Å²) in [4.78, 5) is 27.4. The number of aliphatic hydroxyl groups is 1. The van der Waals surface area contributed by atoms with E-state index in [4.69, 9.17) is 14.6 Å². The Morgan fingerprint density at radius 2 is 1.19 bits per heavy atom. The van der Waals surface area contributed by atoms with E-state index in [1.54, 1.807) is 4.90 Å². The van der Waals surface area contributed by atoms with Crippen LogP contribution in [0.15, 0.2) is 0 Å². The highest BCUT2D eigenvalue weighted by atomic mass is 16.6. The molecule has 2 aliphatic heterocycles. The largest absolute Gasteiger partial charge is 0.444 e. The molecule has 188 valence electrons. The summed E-state index contributed by atoms with van der Waals surface area (Å²) in [6, 6.07) is 0. The van der Waals surface area contributed by atoms with Gasteiger partial charge < -0.3 is 24.4 Å². The fraction of sp³-hybridized carbons (Fsp3) is 0.920. The predicted molar refractivity (Wildman–Crippen MR) is 128 cm³/mol. The van der Waals surface area contributed by atoms with Crippen LogP contribution in [0.4, 0.5) is 9.59 Å². The molecule has 2 atom stereocenters. The first-order valence-corrected chi connectivity index (χ1v) is 12.4. The molecule has 7 heteroatoms. The minimum atomic E-state index is -0.446. The van der Waals surface area contributed by atoms with Crippen LogP contribution < -0.4 is 0 Å². The average Bonchev–Trinajstić information content (AvgIpc) is 3.06. The standard InChI is InChI=1S/C13H25NO2.C12H23NO3/c1-5-11-8-6-7-9-14(10-11)12(15)16-13(2,3)4;1-12(2,3)16-11(15)13-7-5-4-6-10(8-13)9-14/h11H,5-10H2,1-4H3;10,14H,4-9H2,1-3H3. The van der Waals surface area contributed by atoms with Gasteiger partial charge in [0.25, 0.3) is 0 Å². The van der Waals surface area contributed by atoms with E-state index in [0.717, 1.165) is 51.7 Å². The lowest BCUT2D eigenvalue weighted by molar-refractivity contribution is 0.0213. The van der Waals surface area contributed by atoms with Crippen molar-refractivity contribution in [3.63, 3.8) is 0 Å². The fourth-order valence-corrected chi connectivity index (χ4v) is 3.93. The first-order chi connectivity index (χ1) is 14.8. The Kier molecular flexibility index (Phi) is 11.8. The third-order valence-electron chi connectivity index (χ3n) is 5.68. The molecule has 0 aromatic heterocycles. The second-order valence-corrected chi connectivity index (χ2v) is 11.2. The van der Waals surface area contributed by atoms with Crippen molar-refractivity contribution in [1.29, 1.82) is 0 Å². The minimum absolute atomic E-state index is 0.146. The van der Waals surface area contributed by atoms with E-state index in [9.17, 15) is 9.59 Å². The van der Waals surface area contributed by atoms with Gasteiger partial charge in [-0.25, -0.2) is 9.59 Å². The van der Waals surface area contributed by atoms with Gasteiger partial charge in [0.2, 0.25) is 0 Å². The van der Waals surface area contributed by atoms with Gasteiger partial charge in [-0.05, 0) is 79.1 Å². The molecular weight excluding hydrogens is 408 g/mol. The number of amides is 2. The van der Waals surface area contributed by atoms with Crippen molar-refractivity contribution in [2.75, 3.05) is 32.8 Å². The molecule has 0 aliphatic carbocycles. The number of hydrogen-bond donors (Lipinski definition) is 1. The van der Waals surface area contributed by atoms with Gasteiger partial charge in [-0.15, -0.1) is 0 Å². The van der Waals surface area contributed by atoms with E-state index < -0.39 is 5.60 Å². The summed E-state index contributed by atoms with van der Waals surface area (Å²) < 4.78 is 10.7. The highest BCUT2D eigenvalue weighted by Crippen LogP contribution is 2.21.